The minimum Gasteiger partial charge on any atom is -0.338 e. The third-order valence-electron chi connectivity index (χ3n) is 3.15. The van der Waals surface area contributed by atoms with E-state index >= 15 is 0 Å². The molecule has 3 heteroatoms. The van der Waals surface area contributed by atoms with Crippen LogP contribution in [0.4, 0.5) is 0 Å². The second-order valence-electron chi connectivity index (χ2n) is 4.75. The Labute approximate surface area is 106 Å². The van der Waals surface area contributed by atoms with Gasteiger partial charge in [-0.05, 0) is 23.1 Å². The van der Waals surface area contributed by atoms with Gasteiger partial charge in [0.05, 0.1) is 0 Å². The standard InChI is InChI=1S/C15H15N3/c1-10(2)11-3-5-12(6-4-11)13-9-14-15(18-13)17-8-7-16-14/h3-10H,1-2H3,(H,17,18). The van der Waals surface area contributed by atoms with E-state index in [1.54, 1.807) is 12.4 Å². The number of fused-ring (bicyclic) bond motifs is 1. The van der Waals surface area contributed by atoms with E-state index in [1.807, 2.05) is 6.07 Å². The Morgan fingerprint density at radius 1 is 1.00 bits per heavy atom. The Morgan fingerprint density at radius 3 is 2.39 bits per heavy atom. The van der Waals surface area contributed by atoms with Gasteiger partial charge in [-0.1, -0.05) is 38.1 Å². The Bertz CT molecular complexity index is 633. The van der Waals surface area contributed by atoms with Crippen LogP contribution < -0.4 is 0 Å². The summed E-state index contributed by atoms with van der Waals surface area (Å²) >= 11 is 0. The summed E-state index contributed by atoms with van der Waals surface area (Å²) < 4.78 is 0. The number of nitrogens with zero attached hydrogens (tertiary/aromatic N) is 2. The van der Waals surface area contributed by atoms with E-state index in [4.69, 9.17) is 0 Å². The van der Waals surface area contributed by atoms with Crippen molar-refractivity contribution in [2.24, 2.45) is 0 Å². The number of aromatic amines is 1. The monoisotopic (exact) mass is 237 g/mol. The SMILES string of the molecule is CC(C)c1ccc(-c2cc3nccnc3[nH]2)cc1. The fourth-order valence-corrected chi connectivity index (χ4v) is 2.05. The number of hydrogen-bond donors (Lipinski definition) is 1. The molecule has 2 aromatic heterocycles. The molecule has 0 bridgehead atoms. The maximum Gasteiger partial charge on any atom is 0.156 e. The van der Waals surface area contributed by atoms with E-state index in [1.165, 1.54) is 11.1 Å². The number of aromatic nitrogens is 3. The van der Waals surface area contributed by atoms with Crippen molar-refractivity contribution in [2.75, 3.05) is 0 Å². The van der Waals surface area contributed by atoms with Crippen LogP contribution in [-0.2, 0) is 0 Å². The lowest BCUT2D eigenvalue weighted by molar-refractivity contribution is 0.867. The average molecular weight is 237 g/mol. The van der Waals surface area contributed by atoms with Gasteiger partial charge in [0.15, 0.2) is 5.65 Å². The van der Waals surface area contributed by atoms with Crippen molar-refractivity contribution in [3.05, 3.63) is 48.3 Å². The molecule has 0 radical (unpaired) electrons. The molecule has 90 valence electrons. The summed E-state index contributed by atoms with van der Waals surface area (Å²) in [7, 11) is 0. The Hall–Kier alpha value is -2.16. The van der Waals surface area contributed by atoms with Gasteiger partial charge in [0, 0.05) is 18.1 Å². The van der Waals surface area contributed by atoms with E-state index in [-0.39, 0.29) is 0 Å². The third kappa shape index (κ3) is 1.88. The van der Waals surface area contributed by atoms with Gasteiger partial charge in [0.1, 0.15) is 5.52 Å². The Morgan fingerprint density at radius 2 is 1.72 bits per heavy atom. The zero-order valence-electron chi connectivity index (χ0n) is 10.5. The number of benzene rings is 1. The second-order valence-corrected chi connectivity index (χ2v) is 4.75. The molecular formula is C15H15N3. The minimum atomic E-state index is 0.560. The molecule has 0 aliphatic rings. The molecule has 0 unspecified atom stereocenters. The number of hydrogen-bond acceptors (Lipinski definition) is 2. The van der Waals surface area contributed by atoms with Crippen LogP contribution in [-0.4, -0.2) is 15.0 Å². The molecule has 0 saturated carbocycles. The van der Waals surface area contributed by atoms with E-state index in [9.17, 15) is 0 Å². The van der Waals surface area contributed by atoms with Crippen LogP contribution in [0.5, 0.6) is 0 Å². The van der Waals surface area contributed by atoms with Crippen molar-refractivity contribution in [2.45, 2.75) is 19.8 Å². The van der Waals surface area contributed by atoms with Crippen LogP contribution in [0.25, 0.3) is 22.4 Å². The molecule has 0 spiro atoms. The molecule has 0 atom stereocenters. The van der Waals surface area contributed by atoms with Crippen molar-refractivity contribution in [3.8, 4) is 11.3 Å². The first kappa shape index (κ1) is 11.0. The van der Waals surface area contributed by atoms with Crippen LogP contribution in [0.1, 0.15) is 25.3 Å². The van der Waals surface area contributed by atoms with Crippen molar-refractivity contribution >= 4 is 11.2 Å². The van der Waals surface area contributed by atoms with Crippen LogP contribution in [0.15, 0.2) is 42.7 Å². The predicted octanol–water partition coefficient (Wildman–Crippen LogP) is 3.75. The van der Waals surface area contributed by atoms with Gasteiger partial charge in [-0.2, -0.15) is 0 Å². The molecule has 1 N–H and O–H groups in total. The lowest BCUT2D eigenvalue weighted by atomic mass is 10.0. The molecule has 2 heterocycles. The number of H-pyrrole nitrogens is 1. The Kier molecular flexibility index (Phi) is 2.59. The maximum atomic E-state index is 4.28. The molecule has 18 heavy (non-hydrogen) atoms. The summed E-state index contributed by atoms with van der Waals surface area (Å²) in [5.41, 5.74) is 5.32. The number of rotatable bonds is 2. The molecular weight excluding hydrogens is 222 g/mol. The largest absolute Gasteiger partial charge is 0.338 e. The summed E-state index contributed by atoms with van der Waals surface area (Å²) in [5.74, 6) is 0.560. The van der Waals surface area contributed by atoms with Crippen LogP contribution in [0.2, 0.25) is 0 Å². The lowest BCUT2D eigenvalue weighted by Gasteiger charge is -2.05. The molecule has 0 aliphatic heterocycles. The molecule has 3 rings (SSSR count). The van der Waals surface area contributed by atoms with E-state index in [2.05, 4.69) is 53.1 Å². The third-order valence-corrected chi connectivity index (χ3v) is 3.15. The highest BCUT2D eigenvalue weighted by Gasteiger charge is 2.05. The molecule has 0 amide bonds. The first-order valence-electron chi connectivity index (χ1n) is 6.14. The van der Waals surface area contributed by atoms with E-state index in [0.29, 0.717) is 5.92 Å². The smallest absolute Gasteiger partial charge is 0.156 e. The summed E-state index contributed by atoms with van der Waals surface area (Å²) in [4.78, 5) is 11.8. The first-order valence-corrected chi connectivity index (χ1v) is 6.14. The zero-order chi connectivity index (χ0) is 12.5. The van der Waals surface area contributed by atoms with Crippen molar-refractivity contribution < 1.29 is 0 Å². The molecule has 0 saturated heterocycles. The zero-order valence-corrected chi connectivity index (χ0v) is 10.5. The lowest BCUT2D eigenvalue weighted by Crippen LogP contribution is -1.86. The second kappa shape index (κ2) is 4.26. The topological polar surface area (TPSA) is 41.6 Å². The average Bonchev–Trinajstić information content (AvgIpc) is 2.82. The predicted molar refractivity (Wildman–Crippen MR) is 73.4 cm³/mol. The van der Waals surface area contributed by atoms with Crippen LogP contribution in [0, 0.1) is 0 Å². The molecule has 0 fully saturated rings. The fraction of sp³-hybridized carbons (Fsp3) is 0.200. The van der Waals surface area contributed by atoms with Gasteiger partial charge >= 0.3 is 0 Å². The van der Waals surface area contributed by atoms with Crippen LogP contribution >= 0.6 is 0 Å². The van der Waals surface area contributed by atoms with Crippen molar-refractivity contribution in [3.63, 3.8) is 0 Å². The number of nitrogens with one attached hydrogen (secondary N) is 1. The molecule has 3 aromatic rings. The quantitative estimate of drug-likeness (QED) is 0.737. The van der Waals surface area contributed by atoms with Crippen LogP contribution in [0.3, 0.4) is 0 Å². The molecule has 1 aromatic carbocycles. The van der Waals surface area contributed by atoms with E-state index in [0.717, 1.165) is 16.9 Å². The van der Waals surface area contributed by atoms with Gasteiger partial charge in [0.2, 0.25) is 0 Å². The van der Waals surface area contributed by atoms with Gasteiger partial charge in [-0.3, -0.25) is 4.98 Å². The van der Waals surface area contributed by atoms with Gasteiger partial charge in [0.25, 0.3) is 0 Å². The van der Waals surface area contributed by atoms with Crippen molar-refractivity contribution in [1.82, 2.24) is 15.0 Å². The molecule has 0 aliphatic carbocycles. The van der Waals surface area contributed by atoms with Gasteiger partial charge < -0.3 is 4.98 Å². The normalized spacial score (nSPS) is 11.3. The maximum absolute atomic E-state index is 4.28. The summed E-state index contributed by atoms with van der Waals surface area (Å²) in [6.45, 7) is 4.40. The summed E-state index contributed by atoms with van der Waals surface area (Å²) in [5, 5.41) is 0. The summed E-state index contributed by atoms with van der Waals surface area (Å²) in [6.07, 6.45) is 3.41. The minimum absolute atomic E-state index is 0.560. The van der Waals surface area contributed by atoms with Gasteiger partial charge in [-0.25, -0.2) is 4.98 Å². The highest BCUT2D eigenvalue weighted by atomic mass is 14.9. The Balaban J connectivity index is 2.03. The van der Waals surface area contributed by atoms with E-state index < -0.39 is 0 Å². The fourth-order valence-electron chi connectivity index (χ4n) is 2.05. The highest BCUT2D eigenvalue weighted by Crippen LogP contribution is 2.24. The van der Waals surface area contributed by atoms with Gasteiger partial charge in [-0.15, -0.1) is 0 Å². The first-order chi connectivity index (χ1) is 8.74. The van der Waals surface area contributed by atoms with Crippen molar-refractivity contribution in [1.29, 1.82) is 0 Å². The molecule has 3 nitrogen and oxygen atoms in total. The summed E-state index contributed by atoms with van der Waals surface area (Å²) in [6, 6.07) is 10.7. The highest BCUT2D eigenvalue weighted by molar-refractivity contribution is 5.79.